The highest BCUT2D eigenvalue weighted by Crippen LogP contribution is 2.11. The predicted molar refractivity (Wildman–Crippen MR) is 97.6 cm³/mol. The van der Waals surface area contributed by atoms with E-state index in [0.29, 0.717) is 6.54 Å². The molecule has 0 saturated heterocycles. The van der Waals surface area contributed by atoms with Crippen molar-refractivity contribution in [1.29, 1.82) is 0 Å². The Morgan fingerprint density at radius 1 is 1.20 bits per heavy atom. The molecule has 8 heteroatoms. The summed E-state index contributed by atoms with van der Waals surface area (Å²) in [7, 11) is 3.74. The number of guanidine groups is 1. The molecule has 0 aliphatic heterocycles. The van der Waals surface area contributed by atoms with Crippen molar-refractivity contribution >= 4 is 11.6 Å². The summed E-state index contributed by atoms with van der Waals surface area (Å²) in [5.41, 5.74) is 4.41. The van der Waals surface area contributed by atoms with Gasteiger partial charge in [0, 0.05) is 32.5 Å². The van der Waals surface area contributed by atoms with Gasteiger partial charge in [0.25, 0.3) is 0 Å². The molecule has 0 aliphatic rings. The smallest absolute Gasteiger partial charge is 0.191 e. The van der Waals surface area contributed by atoms with Crippen LogP contribution in [0, 0.1) is 13.8 Å². The van der Waals surface area contributed by atoms with E-state index in [1.165, 1.54) is 11.3 Å². The number of aromatic nitrogens is 5. The fourth-order valence-electron chi connectivity index (χ4n) is 2.88. The minimum atomic E-state index is 0.551. The Morgan fingerprint density at radius 3 is 2.76 bits per heavy atom. The molecule has 3 rings (SSSR count). The van der Waals surface area contributed by atoms with E-state index >= 15 is 0 Å². The van der Waals surface area contributed by atoms with E-state index in [-0.39, 0.29) is 0 Å². The second-order valence-electron chi connectivity index (χ2n) is 5.92. The number of nitrogens with zero attached hydrogens (tertiary/aromatic N) is 6. The van der Waals surface area contributed by atoms with Crippen LogP contribution in [-0.2, 0) is 20.0 Å². The van der Waals surface area contributed by atoms with Gasteiger partial charge in [0.05, 0.1) is 12.2 Å². The Morgan fingerprint density at radius 2 is 2.04 bits per heavy atom. The molecular weight excluding hydrogens is 316 g/mol. The maximum absolute atomic E-state index is 4.45. The number of rotatable bonds is 5. The largest absolute Gasteiger partial charge is 0.356 e. The third-order valence-corrected chi connectivity index (χ3v) is 4.35. The summed E-state index contributed by atoms with van der Waals surface area (Å²) in [6.45, 7) is 5.48. The lowest BCUT2D eigenvalue weighted by Crippen LogP contribution is -2.38. The van der Waals surface area contributed by atoms with Crippen LogP contribution in [0.15, 0.2) is 29.4 Å². The summed E-state index contributed by atoms with van der Waals surface area (Å²) >= 11 is 0. The molecule has 8 nitrogen and oxygen atoms in total. The quantitative estimate of drug-likeness (QED) is 0.534. The second kappa shape index (κ2) is 7.33. The third-order valence-electron chi connectivity index (χ3n) is 4.35. The zero-order valence-electron chi connectivity index (χ0n) is 15.1. The van der Waals surface area contributed by atoms with Crippen LogP contribution in [-0.4, -0.2) is 43.9 Å². The average molecular weight is 340 g/mol. The molecule has 0 atom stereocenters. The van der Waals surface area contributed by atoms with Gasteiger partial charge in [0.1, 0.15) is 0 Å². The number of hydrogen-bond donors (Lipinski definition) is 2. The molecule has 0 saturated carbocycles. The van der Waals surface area contributed by atoms with E-state index in [4.69, 9.17) is 0 Å². The zero-order valence-corrected chi connectivity index (χ0v) is 15.1. The molecule has 3 aromatic rings. The van der Waals surface area contributed by atoms with Crippen molar-refractivity contribution in [2.45, 2.75) is 26.8 Å². The summed E-state index contributed by atoms with van der Waals surface area (Å²) in [5, 5.41) is 19.4. The first kappa shape index (κ1) is 16.9. The highest BCUT2D eigenvalue weighted by molar-refractivity contribution is 5.79. The SMILES string of the molecule is CN=C(NCCc1c(C)nn(C)c1C)NCc1nnc2ccccn12. The molecule has 132 valence electrons. The van der Waals surface area contributed by atoms with Crippen LogP contribution in [0.1, 0.15) is 22.8 Å². The van der Waals surface area contributed by atoms with Gasteiger partial charge >= 0.3 is 0 Å². The van der Waals surface area contributed by atoms with Gasteiger partial charge in [0.2, 0.25) is 0 Å². The fourth-order valence-corrected chi connectivity index (χ4v) is 2.88. The van der Waals surface area contributed by atoms with Crippen LogP contribution >= 0.6 is 0 Å². The molecule has 0 radical (unpaired) electrons. The first-order chi connectivity index (χ1) is 12.1. The van der Waals surface area contributed by atoms with Crippen LogP contribution in [0.2, 0.25) is 0 Å². The normalized spacial score (nSPS) is 11.9. The lowest BCUT2D eigenvalue weighted by molar-refractivity contribution is 0.728. The van der Waals surface area contributed by atoms with Gasteiger partial charge in [-0.3, -0.25) is 14.1 Å². The van der Waals surface area contributed by atoms with E-state index in [9.17, 15) is 0 Å². The number of pyridine rings is 1. The van der Waals surface area contributed by atoms with Crippen molar-refractivity contribution < 1.29 is 0 Å². The van der Waals surface area contributed by atoms with E-state index in [2.05, 4.69) is 37.8 Å². The summed E-state index contributed by atoms with van der Waals surface area (Å²) in [6, 6.07) is 5.84. The average Bonchev–Trinajstić information content (AvgIpc) is 3.13. The Kier molecular flexibility index (Phi) is 4.97. The summed E-state index contributed by atoms with van der Waals surface area (Å²) in [4.78, 5) is 4.26. The number of aliphatic imine (C=N–C) groups is 1. The molecule has 2 N–H and O–H groups in total. The standard InChI is InChI=1S/C17H24N8/c1-12-14(13(2)24(4)23-12)8-9-19-17(18-3)20-11-16-22-21-15-7-5-6-10-25(15)16/h5-7,10H,8-9,11H2,1-4H3,(H2,18,19,20). The maximum Gasteiger partial charge on any atom is 0.191 e. The second-order valence-corrected chi connectivity index (χ2v) is 5.92. The molecule has 0 fully saturated rings. The number of fused-ring (bicyclic) bond motifs is 1. The van der Waals surface area contributed by atoms with Crippen molar-refractivity contribution in [1.82, 2.24) is 35.0 Å². The van der Waals surface area contributed by atoms with Crippen molar-refractivity contribution in [3.05, 3.63) is 47.2 Å². The lowest BCUT2D eigenvalue weighted by Gasteiger charge is -2.11. The highest BCUT2D eigenvalue weighted by Gasteiger charge is 2.09. The van der Waals surface area contributed by atoms with Crippen LogP contribution < -0.4 is 10.6 Å². The molecule has 0 amide bonds. The van der Waals surface area contributed by atoms with Crippen molar-refractivity contribution in [3.8, 4) is 0 Å². The first-order valence-corrected chi connectivity index (χ1v) is 8.32. The van der Waals surface area contributed by atoms with Crippen molar-refractivity contribution in [3.63, 3.8) is 0 Å². The van der Waals surface area contributed by atoms with Crippen LogP contribution in [0.5, 0.6) is 0 Å². The van der Waals surface area contributed by atoms with E-state index in [1.54, 1.807) is 7.05 Å². The molecule has 0 unspecified atom stereocenters. The summed E-state index contributed by atoms with van der Waals surface area (Å²) in [5.74, 6) is 1.59. The minimum Gasteiger partial charge on any atom is -0.356 e. The molecule has 25 heavy (non-hydrogen) atoms. The Labute approximate surface area is 147 Å². The monoisotopic (exact) mass is 340 g/mol. The minimum absolute atomic E-state index is 0.551. The Hall–Kier alpha value is -2.90. The predicted octanol–water partition coefficient (Wildman–Crippen LogP) is 0.987. The van der Waals surface area contributed by atoms with Gasteiger partial charge < -0.3 is 10.6 Å². The van der Waals surface area contributed by atoms with Crippen LogP contribution in [0.3, 0.4) is 0 Å². The molecule has 3 aromatic heterocycles. The molecular formula is C17H24N8. The van der Waals surface area contributed by atoms with Gasteiger partial charge in [0.15, 0.2) is 17.4 Å². The van der Waals surface area contributed by atoms with E-state index in [1.807, 2.05) is 47.4 Å². The molecule has 0 aliphatic carbocycles. The Balaban J connectivity index is 1.55. The third kappa shape index (κ3) is 3.62. The number of nitrogens with one attached hydrogen (secondary N) is 2. The van der Waals surface area contributed by atoms with Gasteiger partial charge in [-0.1, -0.05) is 6.07 Å². The van der Waals surface area contributed by atoms with Gasteiger partial charge in [-0.2, -0.15) is 5.10 Å². The van der Waals surface area contributed by atoms with Crippen LogP contribution in [0.25, 0.3) is 5.65 Å². The highest BCUT2D eigenvalue weighted by atomic mass is 15.3. The topological polar surface area (TPSA) is 84.4 Å². The molecule has 0 spiro atoms. The fraction of sp³-hybridized carbons (Fsp3) is 0.412. The lowest BCUT2D eigenvalue weighted by atomic mass is 10.1. The number of aryl methyl sites for hydroxylation is 2. The van der Waals surface area contributed by atoms with Gasteiger partial charge in [-0.15, -0.1) is 10.2 Å². The maximum atomic E-state index is 4.45. The van der Waals surface area contributed by atoms with Gasteiger partial charge in [-0.05, 0) is 38.0 Å². The summed E-state index contributed by atoms with van der Waals surface area (Å²) in [6.07, 6.45) is 2.86. The number of hydrogen-bond acceptors (Lipinski definition) is 4. The molecule has 0 bridgehead atoms. The van der Waals surface area contributed by atoms with Crippen LogP contribution in [0.4, 0.5) is 0 Å². The molecule has 0 aromatic carbocycles. The first-order valence-electron chi connectivity index (χ1n) is 8.32. The molecule has 3 heterocycles. The summed E-state index contributed by atoms with van der Waals surface area (Å²) < 4.78 is 3.89. The van der Waals surface area contributed by atoms with E-state index < -0.39 is 0 Å². The van der Waals surface area contributed by atoms with Crippen molar-refractivity contribution in [2.75, 3.05) is 13.6 Å². The Bertz CT molecular complexity index is 889. The van der Waals surface area contributed by atoms with Gasteiger partial charge in [-0.25, -0.2) is 0 Å². The van der Waals surface area contributed by atoms with E-state index in [0.717, 1.165) is 36.1 Å². The van der Waals surface area contributed by atoms with Crippen molar-refractivity contribution in [2.24, 2.45) is 12.0 Å². The zero-order chi connectivity index (χ0) is 17.8.